The highest BCUT2D eigenvalue weighted by atomic mass is 16.1. The largest absolute Gasteiger partial charge is 0.384 e. The molecule has 1 aromatic rings. The lowest BCUT2D eigenvalue weighted by molar-refractivity contribution is -0.124. The molecule has 20 heavy (non-hydrogen) atoms. The van der Waals surface area contributed by atoms with Gasteiger partial charge in [-0.3, -0.25) is 4.79 Å². The molecule has 1 heterocycles. The fourth-order valence-electron chi connectivity index (χ4n) is 2.82. The summed E-state index contributed by atoms with van der Waals surface area (Å²) >= 11 is 0. The van der Waals surface area contributed by atoms with Gasteiger partial charge in [0, 0.05) is 31.4 Å². The van der Waals surface area contributed by atoms with Crippen molar-refractivity contribution in [2.75, 3.05) is 32.0 Å². The molecule has 108 valence electrons. The molecule has 1 unspecified atom stereocenters. The normalized spacial score (nSPS) is 21.2. The average Bonchev–Trinajstić information content (AvgIpc) is 3.31. The average molecular weight is 273 g/mol. The molecule has 1 aromatic carbocycles. The quantitative estimate of drug-likeness (QED) is 0.854. The summed E-state index contributed by atoms with van der Waals surface area (Å²) in [5.74, 6) is 0.229. The number of carbonyl (C=O) groups excluding carboxylic acids is 1. The van der Waals surface area contributed by atoms with Crippen molar-refractivity contribution >= 4 is 11.6 Å². The third kappa shape index (κ3) is 3.12. The molecule has 1 amide bonds. The maximum absolute atomic E-state index is 12.2. The van der Waals surface area contributed by atoms with Gasteiger partial charge in [-0.1, -0.05) is 18.2 Å². The Morgan fingerprint density at radius 3 is 3.00 bits per heavy atom. The molecule has 0 radical (unpaired) electrons. The summed E-state index contributed by atoms with van der Waals surface area (Å²) in [6, 6.07) is 9.00. The molecule has 2 aliphatic rings. The van der Waals surface area contributed by atoms with Crippen LogP contribution in [0.2, 0.25) is 0 Å². The Morgan fingerprint density at radius 1 is 1.40 bits per heavy atom. The Labute approximate surface area is 120 Å². The Hall–Kier alpha value is -1.55. The van der Waals surface area contributed by atoms with Gasteiger partial charge in [0.2, 0.25) is 5.91 Å². The van der Waals surface area contributed by atoms with Crippen LogP contribution in [0.4, 0.5) is 5.69 Å². The molecule has 1 atom stereocenters. The summed E-state index contributed by atoms with van der Waals surface area (Å²) in [6.07, 6.45) is 3.47. The van der Waals surface area contributed by atoms with Crippen LogP contribution in [0, 0.1) is 5.92 Å². The lowest BCUT2D eigenvalue weighted by Crippen LogP contribution is -2.41. The van der Waals surface area contributed by atoms with Crippen molar-refractivity contribution in [2.24, 2.45) is 5.92 Å². The van der Waals surface area contributed by atoms with E-state index < -0.39 is 0 Å². The van der Waals surface area contributed by atoms with E-state index in [9.17, 15) is 4.79 Å². The Bertz CT molecular complexity index is 484. The Morgan fingerprint density at radius 2 is 2.20 bits per heavy atom. The molecule has 0 aromatic heterocycles. The van der Waals surface area contributed by atoms with Crippen LogP contribution in [0.3, 0.4) is 0 Å². The van der Waals surface area contributed by atoms with Gasteiger partial charge in [-0.15, -0.1) is 0 Å². The molecule has 0 bridgehead atoms. The van der Waals surface area contributed by atoms with Gasteiger partial charge in [0.1, 0.15) is 0 Å². The Balaban J connectivity index is 1.46. The van der Waals surface area contributed by atoms with Crippen LogP contribution in [0.1, 0.15) is 18.4 Å². The van der Waals surface area contributed by atoms with Crippen molar-refractivity contribution in [1.29, 1.82) is 0 Å². The number of carbonyl (C=O) groups is 1. The first-order chi connectivity index (χ1) is 9.74. The van der Waals surface area contributed by atoms with Crippen LogP contribution in [0.25, 0.3) is 0 Å². The van der Waals surface area contributed by atoms with Gasteiger partial charge < -0.3 is 15.5 Å². The molecule has 3 rings (SSSR count). The molecule has 0 saturated heterocycles. The van der Waals surface area contributed by atoms with Gasteiger partial charge in [-0.25, -0.2) is 0 Å². The number of rotatable bonds is 5. The molecular weight excluding hydrogens is 250 g/mol. The summed E-state index contributed by atoms with van der Waals surface area (Å²) in [6.45, 7) is 2.44. The zero-order valence-corrected chi connectivity index (χ0v) is 12.1. The fraction of sp³-hybridized carbons (Fsp3) is 0.562. The number of hydrogen-bond donors (Lipinski definition) is 2. The van der Waals surface area contributed by atoms with Gasteiger partial charge in [0.05, 0.1) is 5.92 Å². The van der Waals surface area contributed by atoms with Gasteiger partial charge >= 0.3 is 0 Å². The first-order valence-corrected chi connectivity index (χ1v) is 7.54. The highest BCUT2D eigenvalue weighted by Crippen LogP contribution is 2.25. The summed E-state index contributed by atoms with van der Waals surface area (Å²) in [5, 5.41) is 6.43. The third-order valence-electron chi connectivity index (χ3n) is 4.33. The lowest BCUT2D eigenvalue weighted by Gasteiger charge is -2.25. The highest BCUT2D eigenvalue weighted by molar-refractivity contribution is 5.80. The number of likely N-dealkylation sites (N-methyl/N-ethyl adjacent to an activating group) is 1. The number of hydrogen-bond acceptors (Lipinski definition) is 3. The minimum Gasteiger partial charge on any atom is -0.384 e. The second-order valence-corrected chi connectivity index (χ2v) is 5.94. The van der Waals surface area contributed by atoms with E-state index in [1.165, 1.54) is 24.1 Å². The number of fused-ring (bicyclic) bond motifs is 1. The number of anilines is 1. The SMILES string of the molecule is CN(CCNC(=O)C1CNc2ccccc2C1)C1CC1. The lowest BCUT2D eigenvalue weighted by atomic mass is 9.93. The summed E-state index contributed by atoms with van der Waals surface area (Å²) in [4.78, 5) is 14.5. The second-order valence-electron chi connectivity index (χ2n) is 5.94. The minimum absolute atomic E-state index is 0.0520. The molecule has 1 saturated carbocycles. The molecular formula is C16H23N3O. The van der Waals surface area contributed by atoms with Gasteiger partial charge in [-0.05, 0) is 37.9 Å². The fourth-order valence-corrected chi connectivity index (χ4v) is 2.82. The maximum atomic E-state index is 12.2. The van der Waals surface area contributed by atoms with E-state index in [4.69, 9.17) is 0 Å². The minimum atomic E-state index is 0.0520. The Kier molecular flexibility index (Phi) is 3.92. The first-order valence-electron chi connectivity index (χ1n) is 7.54. The zero-order chi connectivity index (χ0) is 13.9. The summed E-state index contributed by atoms with van der Waals surface area (Å²) in [7, 11) is 2.14. The van der Waals surface area contributed by atoms with E-state index in [0.29, 0.717) is 0 Å². The number of amides is 1. The second kappa shape index (κ2) is 5.83. The summed E-state index contributed by atoms with van der Waals surface area (Å²) < 4.78 is 0. The van der Waals surface area contributed by atoms with Crippen molar-refractivity contribution in [3.63, 3.8) is 0 Å². The monoisotopic (exact) mass is 273 g/mol. The molecule has 1 fully saturated rings. The van der Waals surface area contributed by atoms with Crippen molar-refractivity contribution in [3.8, 4) is 0 Å². The first kappa shape index (κ1) is 13.4. The standard InChI is InChI=1S/C16H23N3O/c1-19(14-6-7-14)9-8-17-16(20)13-10-12-4-2-3-5-15(12)18-11-13/h2-5,13-14,18H,6-11H2,1H3,(H,17,20). The van der Waals surface area contributed by atoms with E-state index in [-0.39, 0.29) is 11.8 Å². The van der Waals surface area contributed by atoms with E-state index in [1.54, 1.807) is 0 Å². The molecule has 4 nitrogen and oxygen atoms in total. The van der Waals surface area contributed by atoms with Crippen molar-refractivity contribution in [1.82, 2.24) is 10.2 Å². The summed E-state index contributed by atoms with van der Waals surface area (Å²) in [5.41, 5.74) is 2.42. The van der Waals surface area contributed by atoms with E-state index in [2.05, 4.69) is 34.7 Å². The molecule has 0 spiro atoms. The smallest absolute Gasteiger partial charge is 0.225 e. The van der Waals surface area contributed by atoms with Crippen molar-refractivity contribution < 1.29 is 4.79 Å². The topological polar surface area (TPSA) is 44.4 Å². The van der Waals surface area contributed by atoms with E-state index in [1.807, 2.05) is 12.1 Å². The molecule has 2 N–H and O–H groups in total. The molecule has 1 aliphatic heterocycles. The predicted molar refractivity (Wildman–Crippen MR) is 80.8 cm³/mol. The number of benzene rings is 1. The van der Waals surface area contributed by atoms with Crippen molar-refractivity contribution in [3.05, 3.63) is 29.8 Å². The number of para-hydroxylation sites is 1. The van der Waals surface area contributed by atoms with Crippen LogP contribution in [0.5, 0.6) is 0 Å². The third-order valence-corrected chi connectivity index (χ3v) is 4.33. The maximum Gasteiger partial charge on any atom is 0.225 e. The molecule has 1 aliphatic carbocycles. The van der Waals surface area contributed by atoms with Gasteiger partial charge in [0.25, 0.3) is 0 Å². The van der Waals surface area contributed by atoms with Crippen molar-refractivity contribution in [2.45, 2.75) is 25.3 Å². The van der Waals surface area contributed by atoms with Crippen LogP contribution in [0.15, 0.2) is 24.3 Å². The van der Waals surface area contributed by atoms with Crippen LogP contribution < -0.4 is 10.6 Å². The van der Waals surface area contributed by atoms with Gasteiger partial charge in [0.15, 0.2) is 0 Å². The van der Waals surface area contributed by atoms with E-state index >= 15 is 0 Å². The van der Waals surface area contributed by atoms with Crippen LogP contribution >= 0.6 is 0 Å². The predicted octanol–water partition coefficient (Wildman–Crippen LogP) is 1.48. The number of nitrogens with one attached hydrogen (secondary N) is 2. The molecule has 4 heteroatoms. The van der Waals surface area contributed by atoms with Crippen LogP contribution in [-0.2, 0) is 11.2 Å². The highest BCUT2D eigenvalue weighted by Gasteiger charge is 2.26. The van der Waals surface area contributed by atoms with E-state index in [0.717, 1.165) is 32.1 Å². The number of nitrogens with zero attached hydrogens (tertiary/aromatic N) is 1. The zero-order valence-electron chi connectivity index (χ0n) is 12.1. The van der Waals surface area contributed by atoms with Gasteiger partial charge in [-0.2, -0.15) is 0 Å². The van der Waals surface area contributed by atoms with Crippen LogP contribution in [-0.4, -0.2) is 43.5 Å².